The molecule has 0 fully saturated rings. The van der Waals surface area contributed by atoms with E-state index in [-0.39, 0.29) is 23.0 Å². The highest BCUT2D eigenvalue weighted by Crippen LogP contribution is 2.34. The van der Waals surface area contributed by atoms with E-state index >= 15 is 0 Å². The summed E-state index contributed by atoms with van der Waals surface area (Å²) in [6.45, 7) is 2.98. The molecule has 0 bridgehead atoms. The van der Waals surface area contributed by atoms with Crippen molar-refractivity contribution in [1.29, 1.82) is 0 Å². The summed E-state index contributed by atoms with van der Waals surface area (Å²) in [4.78, 5) is 4.13. The molecule has 1 atom stereocenters. The van der Waals surface area contributed by atoms with E-state index < -0.39 is 37.0 Å². The summed E-state index contributed by atoms with van der Waals surface area (Å²) in [5.74, 6) is -1.65. The Morgan fingerprint density at radius 2 is 2.04 bits per heavy atom. The molecule has 1 aromatic rings. The van der Waals surface area contributed by atoms with Crippen LogP contribution < -0.4 is 5.73 Å². The summed E-state index contributed by atoms with van der Waals surface area (Å²) in [6, 6.07) is 3.84. The SMILES string of the molecule is CCS(=O)(=O)Cc1ccc(F)c([C@]2(C)CS(=O)(=O)N(C)C(N)=N2)c1. The fourth-order valence-electron chi connectivity index (χ4n) is 2.52. The Balaban J connectivity index is 2.56. The zero-order valence-corrected chi connectivity index (χ0v) is 15.3. The molecule has 1 aliphatic heterocycles. The van der Waals surface area contributed by atoms with Crippen LogP contribution in [0.15, 0.2) is 23.2 Å². The lowest BCUT2D eigenvalue weighted by molar-refractivity contribution is 0.457. The highest BCUT2D eigenvalue weighted by molar-refractivity contribution is 7.90. The maximum absolute atomic E-state index is 14.3. The van der Waals surface area contributed by atoms with E-state index in [0.29, 0.717) is 5.56 Å². The Morgan fingerprint density at radius 3 is 2.58 bits per heavy atom. The molecular weight excluding hydrogens is 357 g/mol. The molecule has 0 aliphatic carbocycles. The van der Waals surface area contributed by atoms with Crippen LogP contribution in [0.3, 0.4) is 0 Å². The van der Waals surface area contributed by atoms with E-state index in [1.807, 2.05) is 0 Å². The second-order valence-corrected chi connectivity index (χ2v) is 10.3. The van der Waals surface area contributed by atoms with Crippen LogP contribution in [-0.2, 0) is 31.2 Å². The van der Waals surface area contributed by atoms with E-state index in [2.05, 4.69) is 4.99 Å². The molecular formula is C14H20FN3O4S2. The number of halogens is 1. The van der Waals surface area contributed by atoms with Crippen LogP contribution in [0.4, 0.5) is 4.39 Å². The van der Waals surface area contributed by atoms with Crippen LogP contribution in [0.25, 0.3) is 0 Å². The maximum Gasteiger partial charge on any atom is 0.239 e. The van der Waals surface area contributed by atoms with Crippen LogP contribution in [0.1, 0.15) is 25.0 Å². The zero-order chi connectivity index (χ0) is 18.3. The largest absolute Gasteiger partial charge is 0.369 e. The standard InChI is InChI=1S/C14H20FN3O4S2/c1-4-23(19,20)8-10-5-6-12(15)11(7-10)14(2)9-24(21,22)18(3)13(16)17-14/h5-7H,4,8-9H2,1-3H3,(H2,16,17)/t14-/m0/s1. The molecule has 0 radical (unpaired) electrons. The quantitative estimate of drug-likeness (QED) is 0.825. The molecule has 0 saturated heterocycles. The number of sulfonamides is 1. The van der Waals surface area contributed by atoms with E-state index in [0.717, 1.165) is 10.4 Å². The first kappa shape index (κ1) is 18.7. The molecule has 7 nitrogen and oxygen atoms in total. The van der Waals surface area contributed by atoms with Gasteiger partial charge in [-0.05, 0) is 24.6 Å². The summed E-state index contributed by atoms with van der Waals surface area (Å²) >= 11 is 0. The maximum atomic E-state index is 14.3. The number of hydrogen-bond donors (Lipinski definition) is 1. The summed E-state index contributed by atoms with van der Waals surface area (Å²) in [7, 11) is -5.78. The molecule has 1 aromatic carbocycles. The second kappa shape index (κ2) is 5.99. The normalized spacial score (nSPS) is 23.8. The fourth-order valence-corrected chi connectivity index (χ4v) is 4.86. The van der Waals surface area contributed by atoms with Gasteiger partial charge in [-0.1, -0.05) is 13.0 Å². The molecule has 1 aliphatic rings. The van der Waals surface area contributed by atoms with Gasteiger partial charge in [-0.2, -0.15) is 0 Å². The fraction of sp³-hybridized carbons (Fsp3) is 0.500. The van der Waals surface area contributed by atoms with Crippen LogP contribution >= 0.6 is 0 Å². The molecule has 1 heterocycles. The van der Waals surface area contributed by atoms with Crippen molar-refractivity contribution >= 4 is 25.8 Å². The summed E-state index contributed by atoms with van der Waals surface area (Å²) in [5.41, 5.74) is 4.61. The highest BCUT2D eigenvalue weighted by atomic mass is 32.2. The number of guanidine groups is 1. The van der Waals surface area contributed by atoms with Crippen LogP contribution in [0.2, 0.25) is 0 Å². The smallest absolute Gasteiger partial charge is 0.239 e. The lowest BCUT2D eigenvalue weighted by Crippen LogP contribution is -2.50. The van der Waals surface area contributed by atoms with Gasteiger partial charge in [0.05, 0.1) is 11.5 Å². The number of hydrogen-bond acceptors (Lipinski definition) is 6. The topological polar surface area (TPSA) is 110 Å². The lowest BCUT2D eigenvalue weighted by atomic mass is 9.93. The van der Waals surface area contributed by atoms with E-state index in [4.69, 9.17) is 5.73 Å². The molecule has 2 rings (SSSR count). The monoisotopic (exact) mass is 377 g/mol. The first-order valence-electron chi connectivity index (χ1n) is 7.21. The Kier molecular flexibility index (Phi) is 4.66. The molecule has 10 heteroatoms. The molecule has 0 saturated carbocycles. The van der Waals surface area contributed by atoms with Gasteiger partial charge >= 0.3 is 0 Å². The van der Waals surface area contributed by atoms with Gasteiger partial charge in [0.25, 0.3) is 0 Å². The second-order valence-electron chi connectivity index (χ2n) is 5.96. The van der Waals surface area contributed by atoms with Crippen LogP contribution in [0, 0.1) is 5.82 Å². The molecule has 0 spiro atoms. The van der Waals surface area contributed by atoms with Gasteiger partial charge < -0.3 is 5.73 Å². The molecule has 0 aromatic heterocycles. The van der Waals surface area contributed by atoms with E-state index in [1.165, 1.54) is 33.0 Å². The average Bonchev–Trinajstić information content (AvgIpc) is 2.46. The Morgan fingerprint density at radius 1 is 1.42 bits per heavy atom. The predicted octanol–water partition coefficient (Wildman–Crippen LogP) is 0.566. The van der Waals surface area contributed by atoms with Crippen molar-refractivity contribution in [2.45, 2.75) is 25.1 Å². The summed E-state index contributed by atoms with van der Waals surface area (Å²) in [5, 5.41) is 0. The third-order valence-electron chi connectivity index (χ3n) is 4.00. The van der Waals surface area contributed by atoms with Gasteiger partial charge in [0.1, 0.15) is 11.4 Å². The first-order chi connectivity index (χ1) is 10.9. The van der Waals surface area contributed by atoms with Crippen molar-refractivity contribution in [3.63, 3.8) is 0 Å². The number of sulfone groups is 1. The lowest BCUT2D eigenvalue weighted by Gasteiger charge is -2.34. The van der Waals surface area contributed by atoms with Crippen LogP contribution in [0.5, 0.6) is 0 Å². The number of nitrogens with two attached hydrogens (primary N) is 1. The van der Waals surface area contributed by atoms with E-state index in [1.54, 1.807) is 0 Å². The van der Waals surface area contributed by atoms with E-state index in [9.17, 15) is 21.2 Å². The van der Waals surface area contributed by atoms with Gasteiger partial charge in [0.15, 0.2) is 9.84 Å². The Labute approximate surface area is 141 Å². The highest BCUT2D eigenvalue weighted by Gasteiger charge is 2.41. The molecule has 24 heavy (non-hydrogen) atoms. The Hall–Kier alpha value is -1.68. The van der Waals surface area contributed by atoms with Crippen molar-refractivity contribution in [2.24, 2.45) is 10.7 Å². The van der Waals surface area contributed by atoms with Gasteiger partial charge in [0.2, 0.25) is 16.0 Å². The van der Waals surface area contributed by atoms with Crippen molar-refractivity contribution in [1.82, 2.24) is 4.31 Å². The number of nitrogens with zero attached hydrogens (tertiary/aromatic N) is 2. The minimum absolute atomic E-state index is 0.00549. The van der Waals surface area contributed by atoms with Gasteiger partial charge in [-0.25, -0.2) is 30.5 Å². The molecule has 0 unspecified atom stereocenters. The molecule has 0 amide bonds. The molecule has 2 N–H and O–H groups in total. The predicted molar refractivity (Wildman–Crippen MR) is 90.1 cm³/mol. The average molecular weight is 377 g/mol. The van der Waals surface area contributed by atoms with Crippen LogP contribution in [-0.4, -0.2) is 45.7 Å². The molecule has 134 valence electrons. The first-order valence-corrected chi connectivity index (χ1v) is 10.6. The minimum Gasteiger partial charge on any atom is -0.369 e. The zero-order valence-electron chi connectivity index (χ0n) is 13.7. The number of aliphatic imine (C=N–C) groups is 1. The van der Waals surface area contributed by atoms with Gasteiger partial charge in [-0.3, -0.25) is 0 Å². The Bertz CT molecular complexity index is 897. The summed E-state index contributed by atoms with van der Waals surface area (Å²) in [6.07, 6.45) is 0. The number of rotatable bonds is 4. The van der Waals surface area contributed by atoms with Gasteiger partial charge in [-0.15, -0.1) is 0 Å². The van der Waals surface area contributed by atoms with Gasteiger partial charge in [0, 0.05) is 18.4 Å². The van der Waals surface area contributed by atoms with Crippen molar-refractivity contribution in [3.05, 3.63) is 35.1 Å². The number of benzene rings is 1. The van der Waals surface area contributed by atoms with Crippen molar-refractivity contribution < 1.29 is 21.2 Å². The minimum atomic E-state index is -3.74. The summed E-state index contributed by atoms with van der Waals surface area (Å²) < 4.78 is 63.1. The van der Waals surface area contributed by atoms with Crippen molar-refractivity contribution in [2.75, 3.05) is 18.6 Å². The third-order valence-corrected chi connectivity index (χ3v) is 7.60. The third kappa shape index (κ3) is 3.54. The van der Waals surface area contributed by atoms with Crippen molar-refractivity contribution in [3.8, 4) is 0 Å².